The van der Waals surface area contributed by atoms with Gasteiger partial charge in [-0.1, -0.05) is 6.92 Å². The number of likely N-dealkylation sites (tertiary alicyclic amines) is 1. The van der Waals surface area contributed by atoms with Crippen molar-refractivity contribution in [3.63, 3.8) is 0 Å². The van der Waals surface area contributed by atoms with Crippen molar-refractivity contribution in [3.8, 4) is 0 Å². The maximum Gasteiger partial charge on any atom is 0.341 e. The van der Waals surface area contributed by atoms with Gasteiger partial charge in [0.1, 0.15) is 5.76 Å². The molecule has 0 unspecified atom stereocenters. The zero-order valence-electron chi connectivity index (χ0n) is 10.2. The van der Waals surface area contributed by atoms with Crippen LogP contribution in [0.3, 0.4) is 0 Å². The number of furan rings is 1. The Hall–Kier alpha value is -1.49. The number of carbonyl (C=O) groups is 1. The highest BCUT2D eigenvalue weighted by atomic mass is 16.6. The van der Waals surface area contributed by atoms with Crippen molar-refractivity contribution in [2.75, 3.05) is 13.7 Å². The monoisotopic (exact) mass is 238 g/mol. The molecule has 1 aromatic rings. The quantitative estimate of drug-likeness (QED) is 0.804. The number of rotatable bonds is 2. The molecule has 0 spiro atoms. The van der Waals surface area contributed by atoms with E-state index < -0.39 is 0 Å². The van der Waals surface area contributed by atoms with Gasteiger partial charge in [-0.2, -0.15) is 0 Å². The predicted molar refractivity (Wildman–Crippen MR) is 62.1 cm³/mol. The Labute approximate surface area is 101 Å². The van der Waals surface area contributed by atoms with E-state index in [-0.39, 0.29) is 12.1 Å². The van der Waals surface area contributed by atoms with Gasteiger partial charge in [-0.25, -0.2) is 10.3 Å². The molecule has 2 atom stereocenters. The Balaban J connectivity index is 2.14. The summed E-state index contributed by atoms with van der Waals surface area (Å²) in [6.45, 7) is 2.92. The molecule has 1 saturated heterocycles. The first-order valence-corrected chi connectivity index (χ1v) is 5.85. The van der Waals surface area contributed by atoms with Crippen LogP contribution in [0.25, 0.3) is 0 Å². The highest BCUT2D eigenvalue weighted by Gasteiger charge is 2.32. The lowest BCUT2D eigenvalue weighted by molar-refractivity contribution is 0.0594. The van der Waals surface area contributed by atoms with Crippen LogP contribution in [0.15, 0.2) is 22.8 Å². The summed E-state index contributed by atoms with van der Waals surface area (Å²) in [5, 5.41) is 0. The summed E-state index contributed by atoms with van der Waals surface area (Å²) in [5.41, 5.74) is 2.37. The topological polar surface area (TPSA) is 54.7 Å². The molecule has 0 aliphatic carbocycles. The number of hydrogen-bond donors (Lipinski definition) is 1. The molecule has 1 aliphatic heterocycles. The second-order valence-corrected chi connectivity index (χ2v) is 4.47. The van der Waals surface area contributed by atoms with E-state index in [1.165, 1.54) is 7.11 Å². The first kappa shape index (κ1) is 12.0. The van der Waals surface area contributed by atoms with Crippen molar-refractivity contribution in [2.45, 2.75) is 25.8 Å². The number of amides is 2. The second kappa shape index (κ2) is 5.23. The molecule has 1 fully saturated rings. The summed E-state index contributed by atoms with van der Waals surface area (Å²) in [6.07, 6.45) is 3.57. The molecule has 0 aromatic carbocycles. The molecular formula is C12H18N2O3. The average molecular weight is 238 g/mol. The molecule has 2 amide bonds. The summed E-state index contributed by atoms with van der Waals surface area (Å²) in [6, 6.07) is 3.56. The number of hydrogen-bond acceptors (Lipinski definition) is 3. The third kappa shape index (κ3) is 2.61. The maximum absolute atomic E-state index is 11.9. The van der Waals surface area contributed by atoms with Gasteiger partial charge in [0.2, 0.25) is 0 Å². The zero-order chi connectivity index (χ0) is 12.3. The average Bonchev–Trinajstić information content (AvgIpc) is 2.82. The van der Waals surface area contributed by atoms with E-state index in [9.17, 15) is 4.79 Å². The van der Waals surface area contributed by atoms with Gasteiger partial charge in [0.15, 0.2) is 0 Å². The van der Waals surface area contributed by atoms with E-state index in [0.29, 0.717) is 5.92 Å². The van der Waals surface area contributed by atoms with Crippen molar-refractivity contribution in [1.29, 1.82) is 0 Å². The van der Waals surface area contributed by atoms with E-state index in [1.54, 1.807) is 11.2 Å². The molecule has 1 aliphatic rings. The Bertz CT molecular complexity index is 364. The van der Waals surface area contributed by atoms with E-state index in [4.69, 9.17) is 4.42 Å². The molecule has 94 valence electrons. The van der Waals surface area contributed by atoms with E-state index >= 15 is 0 Å². The van der Waals surface area contributed by atoms with Crippen molar-refractivity contribution >= 4 is 6.03 Å². The molecule has 0 radical (unpaired) electrons. The molecule has 2 heterocycles. The molecule has 1 N–H and O–H groups in total. The van der Waals surface area contributed by atoms with E-state index in [0.717, 1.165) is 25.1 Å². The Morgan fingerprint density at radius 3 is 3.12 bits per heavy atom. The van der Waals surface area contributed by atoms with Crippen molar-refractivity contribution < 1.29 is 14.0 Å². The fraction of sp³-hybridized carbons (Fsp3) is 0.583. The first-order chi connectivity index (χ1) is 8.22. The normalized spacial score (nSPS) is 24.7. The van der Waals surface area contributed by atoms with Crippen molar-refractivity contribution in [3.05, 3.63) is 24.2 Å². The predicted octanol–water partition coefficient (Wildman–Crippen LogP) is 2.32. The van der Waals surface area contributed by atoms with Crippen LogP contribution in [0.4, 0.5) is 4.79 Å². The number of nitrogens with zero attached hydrogens (tertiary/aromatic N) is 1. The standard InChI is InChI=1S/C12H18N2O3/c1-9-5-6-14(12(15)13-16-2)10(8-9)11-4-3-7-17-11/h3-4,7,9-10H,5-6,8H2,1-2H3,(H,13,15)/t9-,10+/m0/s1. The summed E-state index contributed by atoms with van der Waals surface area (Å²) in [7, 11) is 1.44. The SMILES string of the molecule is CONC(=O)N1CC[C@H](C)C[C@@H]1c1ccco1. The van der Waals surface area contributed by atoms with Crippen LogP contribution in [0.1, 0.15) is 31.6 Å². The second-order valence-electron chi connectivity index (χ2n) is 4.47. The molecule has 2 rings (SSSR count). The fourth-order valence-corrected chi connectivity index (χ4v) is 2.28. The van der Waals surface area contributed by atoms with E-state index in [2.05, 4.69) is 17.2 Å². The summed E-state index contributed by atoms with van der Waals surface area (Å²) >= 11 is 0. The van der Waals surface area contributed by atoms with Gasteiger partial charge in [0, 0.05) is 6.54 Å². The van der Waals surface area contributed by atoms with Crippen molar-refractivity contribution in [2.24, 2.45) is 5.92 Å². The zero-order valence-corrected chi connectivity index (χ0v) is 10.2. The van der Waals surface area contributed by atoms with Gasteiger partial charge in [-0.05, 0) is 30.9 Å². The van der Waals surface area contributed by atoms with Crippen LogP contribution in [0, 0.1) is 5.92 Å². The van der Waals surface area contributed by atoms with Crippen LogP contribution in [-0.4, -0.2) is 24.6 Å². The number of piperidine rings is 1. The van der Waals surface area contributed by atoms with Gasteiger partial charge < -0.3 is 9.32 Å². The van der Waals surface area contributed by atoms with Gasteiger partial charge in [-0.3, -0.25) is 4.84 Å². The van der Waals surface area contributed by atoms with Crippen LogP contribution >= 0.6 is 0 Å². The Morgan fingerprint density at radius 2 is 2.47 bits per heavy atom. The lowest BCUT2D eigenvalue weighted by atomic mass is 9.91. The van der Waals surface area contributed by atoms with E-state index in [1.807, 2.05) is 12.1 Å². The number of nitrogens with one attached hydrogen (secondary N) is 1. The third-order valence-corrected chi connectivity index (χ3v) is 3.19. The molecule has 17 heavy (non-hydrogen) atoms. The first-order valence-electron chi connectivity index (χ1n) is 5.85. The maximum atomic E-state index is 11.9. The smallest absolute Gasteiger partial charge is 0.341 e. The lowest BCUT2D eigenvalue weighted by Gasteiger charge is -2.36. The minimum absolute atomic E-state index is 0.00361. The molecular weight excluding hydrogens is 220 g/mol. The highest BCUT2D eigenvalue weighted by molar-refractivity contribution is 5.73. The minimum Gasteiger partial charge on any atom is -0.467 e. The van der Waals surface area contributed by atoms with Crippen LogP contribution in [0.2, 0.25) is 0 Å². The van der Waals surface area contributed by atoms with Crippen LogP contribution in [-0.2, 0) is 4.84 Å². The fourth-order valence-electron chi connectivity index (χ4n) is 2.28. The third-order valence-electron chi connectivity index (χ3n) is 3.19. The van der Waals surface area contributed by atoms with Gasteiger partial charge in [-0.15, -0.1) is 0 Å². The van der Waals surface area contributed by atoms with Crippen molar-refractivity contribution in [1.82, 2.24) is 10.4 Å². The van der Waals surface area contributed by atoms with Crippen LogP contribution < -0.4 is 5.48 Å². The van der Waals surface area contributed by atoms with Gasteiger partial charge in [0.25, 0.3) is 0 Å². The molecule has 5 nitrogen and oxygen atoms in total. The molecule has 1 aromatic heterocycles. The Morgan fingerprint density at radius 1 is 1.65 bits per heavy atom. The lowest BCUT2D eigenvalue weighted by Crippen LogP contribution is -2.45. The summed E-state index contributed by atoms with van der Waals surface area (Å²) in [4.78, 5) is 18.3. The number of carbonyl (C=O) groups excluding carboxylic acids is 1. The van der Waals surface area contributed by atoms with Gasteiger partial charge >= 0.3 is 6.03 Å². The number of urea groups is 1. The minimum atomic E-state index is -0.208. The summed E-state index contributed by atoms with van der Waals surface area (Å²) in [5.74, 6) is 1.43. The highest BCUT2D eigenvalue weighted by Crippen LogP contribution is 2.34. The molecule has 5 heteroatoms. The Kier molecular flexibility index (Phi) is 3.68. The van der Waals surface area contributed by atoms with Gasteiger partial charge in [0.05, 0.1) is 19.4 Å². The largest absolute Gasteiger partial charge is 0.467 e. The molecule has 0 bridgehead atoms. The molecule has 0 saturated carbocycles. The number of hydroxylamine groups is 1. The summed E-state index contributed by atoms with van der Waals surface area (Å²) < 4.78 is 5.42. The van der Waals surface area contributed by atoms with Crippen LogP contribution in [0.5, 0.6) is 0 Å².